The molecule has 1 heterocycles. The number of carbonyl (C=O) groups is 3. The van der Waals surface area contributed by atoms with Crippen molar-refractivity contribution in [3.8, 4) is 11.5 Å². The minimum atomic E-state index is -1.07. The molecule has 2 amide bonds. The summed E-state index contributed by atoms with van der Waals surface area (Å²) in [6, 6.07) is 2.27. The second-order valence-corrected chi connectivity index (χ2v) is 7.11. The monoisotopic (exact) mass is 393 g/mol. The van der Waals surface area contributed by atoms with E-state index < -0.39 is 17.6 Å². The van der Waals surface area contributed by atoms with E-state index in [1.54, 1.807) is 13.8 Å². The lowest BCUT2D eigenvalue weighted by Gasteiger charge is -2.30. The van der Waals surface area contributed by atoms with Crippen LogP contribution in [-0.4, -0.2) is 62.1 Å². The van der Waals surface area contributed by atoms with E-state index >= 15 is 0 Å². The second-order valence-electron chi connectivity index (χ2n) is 7.11. The third-order valence-corrected chi connectivity index (χ3v) is 4.55. The maximum absolute atomic E-state index is 12.9. The summed E-state index contributed by atoms with van der Waals surface area (Å²) in [7, 11) is 4.10. The average Bonchev–Trinajstić information content (AvgIpc) is 3.15. The van der Waals surface area contributed by atoms with Crippen LogP contribution in [0.5, 0.6) is 11.5 Å². The van der Waals surface area contributed by atoms with E-state index in [2.05, 4.69) is 5.32 Å². The number of hydrogen-bond acceptors (Lipinski definition) is 7. The van der Waals surface area contributed by atoms with E-state index in [1.165, 1.54) is 38.4 Å². The summed E-state index contributed by atoms with van der Waals surface area (Å²) >= 11 is 0. The topological polar surface area (TPSA) is 120 Å². The highest BCUT2D eigenvalue weighted by molar-refractivity contribution is 6.01. The summed E-state index contributed by atoms with van der Waals surface area (Å²) in [6.07, 6.45) is 1.23. The van der Waals surface area contributed by atoms with Gasteiger partial charge in [-0.1, -0.05) is 0 Å². The summed E-state index contributed by atoms with van der Waals surface area (Å²) in [4.78, 5) is 38.9. The number of nitrogens with zero attached hydrogens (tertiary/aromatic N) is 1. The molecule has 0 bridgehead atoms. The van der Waals surface area contributed by atoms with E-state index in [0.29, 0.717) is 25.1 Å². The van der Waals surface area contributed by atoms with Crippen LogP contribution in [0, 0.1) is 0 Å². The number of anilines is 1. The first-order valence-electron chi connectivity index (χ1n) is 8.89. The lowest BCUT2D eigenvalue weighted by Crippen LogP contribution is -2.54. The molecule has 0 aliphatic carbocycles. The molecule has 9 heteroatoms. The smallest absolute Gasteiger partial charge is 0.341 e. The molecule has 0 unspecified atom stereocenters. The normalized spacial score (nSPS) is 16.5. The van der Waals surface area contributed by atoms with Crippen LogP contribution in [0.4, 0.5) is 5.69 Å². The number of likely N-dealkylation sites (tertiary alicyclic amines) is 1. The number of amides is 2. The van der Waals surface area contributed by atoms with E-state index in [1.807, 2.05) is 0 Å². The highest BCUT2D eigenvalue weighted by Gasteiger charge is 2.39. The molecule has 1 aromatic carbocycles. The third kappa shape index (κ3) is 4.36. The minimum Gasteiger partial charge on any atom is -0.496 e. The number of benzene rings is 1. The van der Waals surface area contributed by atoms with Gasteiger partial charge in [0.25, 0.3) is 0 Å². The van der Waals surface area contributed by atoms with Crippen LogP contribution in [-0.2, 0) is 14.3 Å². The zero-order valence-corrected chi connectivity index (χ0v) is 16.8. The Morgan fingerprint density at radius 1 is 1.14 bits per heavy atom. The van der Waals surface area contributed by atoms with Gasteiger partial charge in [0.2, 0.25) is 11.8 Å². The Balaban J connectivity index is 2.32. The van der Waals surface area contributed by atoms with Crippen LogP contribution in [0.1, 0.15) is 37.0 Å². The van der Waals surface area contributed by atoms with Gasteiger partial charge in [-0.3, -0.25) is 9.59 Å². The molecule has 154 valence electrons. The Morgan fingerprint density at radius 2 is 1.79 bits per heavy atom. The Morgan fingerprint density at radius 3 is 2.32 bits per heavy atom. The molecular formula is C19H27N3O6. The molecule has 3 N–H and O–H groups in total. The standard InChI is InChI=1S/C19H27N3O6/c1-19(2,20)18(25)22-8-6-7-13(22)16(23)21-12-9-11(17(24)28-5)14(26-3)10-15(12)27-4/h9-10,13H,6-8,20H2,1-5H3,(H,21,23)/t13-/m0/s1. The molecule has 1 aliphatic heterocycles. The molecule has 2 rings (SSSR count). The van der Waals surface area contributed by atoms with Gasteiger partial charge in [-0.2, -0.15) is 0 Å². The van der Waals surface area contributed by atoms with E-state index in [9.17, 15) is 14.4 Å². The molecule has 1 fully saturated rings. The number of nitrogens with one attached hydrogen (secondary N) is 1. The van der Waals surface area contributed by atoms with Gasteiger partial charge in [-0.05, 0) is 32.8 Å². The molecule has 0 saturated carbocycles. The summed E-state index contributed by atoms with van der Waals surface area (Å²) in [5, 5.41) is 2.75. The Kier molecular flexibility index (Phi) is 6.50. The Bertz CT molecular complexity index is 772. The van der Waals surface area contributed by atoms with Crippen LogP contribution in [0.3, 0.4) is 0 Å². The fraction of sp³-hybridized carbons (Fsp3) is 0.526. The molecular weight excluding hydrogens is 366 g/mol. The molecule has 0 aromatic heterocycles. The van der Waals surface area contributed by atoms with Gasteiger partial charge in [0.1, 0.15) is 23.1 Å². The van der Waals surface area contributed by atoms with Gasteiger partial charge in [0, 0.05) is 12.6 Å². The maximum Gasteiger partial charge on any atom is 0.341 e. The van der Waals surface area contributed by atoms with Gasteiger partial charge in [0.15, 0.2) is 0 Å². The lowest BCUT2D eigenvalue weighted by atomic mass is 10.0. The van der Waals surface area contributed by atoms with Crippen LogP contribution in [0.15, 0.2) is 12.1 Å². The lowest BCUT2D eigenvalue weighted by molar-refractivity contribution is -0.140. The van der Waals surface area contributed by atoms with Crippen molar-refractivity contribution in [3.05, 3.63) is 17.7 Å². The second kappa shape index (κ2) is 8.47. The van der Waals surface area contributed by atoms with Crippen molar-refractivity contribution in [2.45, 2.75) is 38.3 Å². The maximum atomic E-state index is 12.9. The fourth-order valence-electron chi connectivity index (χ4n) is 3.13. The van der Waals surface area contributed by atoms with Crippen LogP contribution in [0.25, 0.3) is 0 Å². The SMILES string of the molecule is COC(=O)c1cc(NC(=O)[C@@H]2CCCN2C(=O)C(C)(C)N)c(OC)cc1OC. The summed E-state index contributed by atoms with van der Waals surface area (Å²) < 4.78 is 15.3. The van der Waals surface area contributed by atoms with Gasteiger partial charge < -0.3 is 30.2 Å². The van der Waals surface area contributed by atoms with E-state index in [-0.39, 0.29) is 28.8 Å². The van der Waals surface area contributed by atoms with Crippen molar-refractivity contribution in [2.75, 3.05) is 33.2 Å². The molecule has 9 nitrogen and oxygen atoms in total. The highest BCUT2D eigenvalue weighted by Crippen LogP contribution is 2.34. The third-order valence-electron chi connectivity index (χ3n) is 4.55. The van der Waals surface area contributed by atoms with Gasteiger partial charge >= 0.3 is 5.97 Å². The van der Waals surface area contributed by atoms with Crippen LogP contribution >= 0.6 is 0 Å². The predicted molar refractivity (Wildman–Crippen MR) is 103 cm³/mol. The van der Waals surface area contributed by atoms with Gasteiger partial charge in [-0.25, -0.2) is 4.79 Å². The van der Waals surface area contributed by atoms with Gasteiger partial charge in [0.05, 0.1) is 32.6 Å². The van der Waals surface area contributed by atoms with Crippen LogP contribution < -0.4 is 20.5 Å². The van der Waals surface area contributed by atoms with Crippen molar-refractivity contribution < 1.29 is 28.6 Å². The minimum absolute atomic E-state index is 0.142. The first-order chi connectivity index (χ1) is 13.1. The van der Waals surface area contributed by atoms with Crippen molar-refractivity contribution in [2.24, 2.45) is 5.73 Å². The van der Waals surface area contributed by atoms with E-state index in [4.69, 9.17) is 19.9 Å². The largest absolute Gasteiger partial charge is 0.496 e. The first kappa shape index (κ1) is 21.5. The van der Waals surface area contributed by atoms with E-state index in [0.717, 1.165) is 0 Å². The zero-order valence-electron chi connectivity index (χ0n) is 16.8. The predicted octanol–water partition coefficient (Wildman–Crippen LogP) is 1.16. The summed E-state index contributed by atoms with van der Waals surface area (Å²) in [5.74, 6) is -0.717. The molecule has 0 spiro atoms. The van der Waals surface area contributed by atoms with Crippen molar-refractivity contribution >= 4 is 23.5 Å². The number of carbonyl (C=O) groups excluding carboxylic acids is 3. The quantitative estimate of drug-likeness (QED) is 0.696. The number of ether oxygens (including phenoxy) is 3. The van der Waals surface area contributed by atoms with Gasteiger partial charge in [-0.15, -0.1) is 0 Å². The number of esters is 1. The zero-order chi connectivity index (χ0) is 21.1. The van der Waals surface area contributed by atoms with Crippen molar-refractivity contribution in [1.29, 1.82) is 0 Å². The Labute approximate surface area is 164 Å². The number of hydrogen-bond donors (Lipinski definition) is 2. The fourth-order valence-corrected chi connectivity index (χ4v) is 3.13. The summed E-state index contributed by atoms with van der Waals surface area (Å²) in [5.41, 5.74) is 5.26. The van der Waals surface area contributed by atoms with Crippen LogP contribution in [0.2, 0.25) is 0 Å². The van der Waals surface area contributed by atoms with Crippen molar-refractivity contribution in [3.63, 3.8) is 0 Å². The number of nitrogens with two attached hydrogens (primary N) is 1. The highest BCUT2D eigenvalue weighted by atomic mass is 16.5. The first-order valence-corrected chi connectivity index (χ1v) is 8.89. The molecule has 28 heavy (non-hydrogen) atoms. The molecule has 1 saturated heterocycles. The number of methoxy groups -OCH3 is 3. The number of rotatable bonds is 6. The molecule has 1 atom stereocenters. The van der Waals surface area contributed by atoms with Crippen molar-refractivity contribution in [1.82, 2.24) is 4.90 Å². The molecule has 0 radical (unpaired) electrons. The molecule has 1 aromatic rings. The summed E-state index contributed by atoms with van der Waals surface area (Å²) in [6.45, 7) is 3.68. The molecule has 1 aliphatic rings. The average molecular weight is 393 g/mol. The Hall–Kier alpha value is -2.81.